The summed E-state index contributed by atoms with van der Waals surface area (Å²) < 4.78 is 0. The summed E-state index contributed by atoms with van der Waals surface area (Å²) in [6.45, 7) is 12.4. The van der Waals surface area contributed by atoms with Crippen molar-refractivity contribution < 1.29 is 0 Å². The van der Waals surface area contributed by atoms with E-state index in [1.165, 1.54) is 16.7 Å². The second kappa shape index (κ2) is 5.76. The second-order valence-electron chi connectivity index (χ2n) is 4.96. The standard InChI is InChI=1S/C15H22N2/c1-10(2)14-8-7-12(5)15(9-14)13(6)17-16-11(3)4/h7-10H,1-6H3/b17-13+. The first-order valence-electron chi connectivity index (χ1n) is 6.08. The average Bonchev–Trinajstić information content (AvgIpc) is 2.26. The van der Waals surface area contributed by atoms with E-state index in [1.54, 1.807) is 0 Å². The normalized spacial score (nSPS) is 11.8. The first-order valence-corrected chi connectivity index (χ1v) is 6.08. The minimum atomic E-state index is 0.540. The highest BCUT2D eigenvalue weighted by Crippen LogP contribution is 2.19. The van der Waals surface area contributed by atoms with Crippen LogP contribution in [0.2, 0.25) is 0 Å². The zero-order chi connectivity index (χ0) is 13.0. The molecule has 1 rings (SSSR count). The lowest BCUT2D eigenvalue weighted by atomic mass is 9.96. The van der Waals surface area contributed by atoms with Crippen LogP contribution in [0.1, 0.15) is 57.2 Å². The molecule has 0 N–H and O–H groups in total. The zero-order valence-corrected chi connectivity index (χ0v) is 11.7. The topological polar surface area (TPSA) is 24.7 Å². The van der Waals surface area contributed by atoms with Crippen molar-refractivity contribution in [3.63, 3.8) is 0 Å². The highest BCUT2D eigenvalue weighted by Gasteiger charge is 2.06. The molecule has 0 aliphatic heterocycles. The Hall–Kier alpha value is -1.44. The van der Waals surface area contributed by atoms with Gasteiger partial charge in [0.25, 0.3) is 0 Å². The Kier molecular flexibility index (Phi) is 4.62. The maximum Gasteiger partial charge on any atom is 0.0674 e. The summed E-state index contributed by atoms with van der Waals surface area (Å²) in [6, 6.07) is 6.57. The number of hydrogen-bond donors (Lipinski definition) is 0. The Balaban J connectivity index is 3.16. The van der Waals surface area contributed by atoms with Gasteiger partial charge in [-0.1, -0.05) is 26.0 Å². The molecule has 17 heavy (non-hydrogen) atoms. The van der Waals surface area contributed by atoms with Crippen molar-refractivity contribution in [3.8, 4) is 0 Å². The fourth-order valence-corrected chi connectivity index (χ4v) is 1.62. The lowest BCUT2D eigenvalue weighted by molar-refractivity contribution is 0.865. The molecule has 1 aromatic carbocycles. The molecular weight excluding hydrogens is 208 g/mol. The maximum absolute atomic E-state index is 4.26. The molecule has 0 saturated carbocycles. The zero-order valence-electron chi connectivity index (χ0n) is 11.7. The van der Waals surface area contributed by atoms with Crippen LogP contribution in [-0.4, -0.2) is 11.4 Å². The van der Waals surface area contributed by atoms with Crippen LogP contribution >= 0.6 is 0 Å². The van der Waals surface area contributed by atoms with Gasteiger partial charge in [0, 0.05) is 11.3 Å². The van der Waals surface area contributed by atoms with Crippen LogP contribution in [0.15, 0.2) is 28.4 Å². The number of benzene rings is 1. The van der Waals surface area contributed by atoms with Crippen molar-refractivity contribution >= 4 is 11.4 Å². The molecule has 92 valence electrons. The lowest BCUT2D eigenvalue weighted by Crippen LogP contribution is -2.00. The Morgan fingerprint density at radius 3 is 2.24 bits per heavy atom. The van der Waals surface area contributed by atoms with Crippen molar-refractivity contribution in [2.45, 2.75) is 47.5 Å². The van der Waals surface area contributed by atoms with Crippen molar-refractivity contribution in [3.05, 3.63) is 34.9 Å². The van der Waals surface area contributed by atoms with E-state index in [2.05, 4.69) is 49.2 Å². The Morgan fingerprint density at radius 2 is 1.71 bits per heavy atom. The number of rotatable bonds is 3. The highest BCUT2D eigenvalue weighted by molar-refractivity contribution is 6.00. The number of nitrogens with zero attached hydrogens (tertiary/aromatic N) is 2. The number of hydrogen-bond acceptors (Lipinski definition) is 2. The van der Waals surface area contributed by atoms with Gasteiger partial charge in [0.15, 0.2) is 0 Å². The van der Waals surface area contributed by atoms with Crippen molar-refractivity contribution in [2.24, 2.45) is 10.2 Å². The van der Waals surface area contributed by atoms with E-state index < -0.39 is 0 Å². The van der Waals surface area contributed by atoms with Gasteiger partial charge in [-0.25, -0.2) is 0 Å². The van der Waals surface area contributed by atoms with E-state index in [1.807, 2.05) is 20.8 Å². The summed E-state index contributed by atoms with van der Waals surface area (Å²) in [5.41, 5.74) is 5.74. The van der Waals surface area contributed by atoms with Crippen LogP contribution in [-0.2, 0) is 0 Å². The van der Waals surface area contributed by atoms with Gasteiger partial charge in [-0.2, -0.15) is 10.2 Å². The summed E-state index contributed by atoms with van der Waals surface area (Å²) in [5.74, 6) is 0.540. The van der Waals surface area contributed by atoms with Crippen LogP contribution < -0.4 is 0 Å². The molecule has 0 unspecified atom stereocenters. The Bertz CT molecular complexity index is 450. The third-order valence-electron chi connectivity index (χ3n) is 2.72. The molecule has 1 aromatic rings. The molecule has 0 atom stereocenters. The van der Waals surface area contributed by atoms with Crippen LogP contribution in [0.5, 0.6) is 0 Å². The summed E-state index contributed by atoms with van der Waals surface area (Å²) in [5, 5.41) is 8.38. The number of aryl methyl sites for hydroxylation is 1. The van der Waals surface area contributed by atoms with Gasteiger partial charge in [0.1, 0.15) is 0 Å². The molecule has 0 spiro atoms. The van der Waals surface area contributed by atoms with Gasteiger partial charge in [-0.3, -0.25) is 0 Å². The van der Waals surface area contributed by atoms with Gasteiger partial charge in [0.05, 0.1) is 5.71 Å². The van der Waals surface area contributed by atoms with Gasteiger partial charge in [-0.05, 0) is 50.8 Å². The van der Waals surface area contributed by atoms with Gasteiger partial charge in [0.2, 0.25) is 0 Å². The SMILES string of the molecule is CC(C)=N/N=C(\C)c1cc(C(C)C)ccc1C. The third kappa shape index (κ3) is 3.81. The molecule has 2 heteroatoms. The molecular formula is C15H22N2. The summed E-state index contributed by atoms with van der Waals surface area (Å²) >= 11 is 0. The van der Waals surface area contributed by atoms with Gasteiger partial charge in [-0.15, -0.1) is 0 Å². The maximum atomic E-state index is 4.26. The molecule has 0 amide bonds. The molecule has 2 nitrogen and oxygen atoms in total. The molecule has 0 fully saturated rings. The predicted molar refractivity (Wildman–Crippen MR) is 76.3 cm³/mol. The van der Waals surface area contributed by atoms with Gasteiger partial charge >= 0.3 is 0 Å². The summed E-state index contributed by atoms with van der Waals surface area (Å²) in [7, 11) is 0. The minimum absolute atomic E-state index is 0.540. The van der Waals surface area contributed by atoms with Gasteiger partial charge < -0.3 is 0 Å². The molecule has 0 heterocycles. The summed E-state index contributed by atoms with van der Waals surface area (Å²) in [4.78, 5) is 0. The van der Waals surface area contributed by atoms with E-state index in [9.17, 15) is 0 Å². The molecule has 0 saturated heterocycles. The quantitative estimate of drug-likeness (QED) is 0.545. The van der Waals surface area contributed by atoms with Crippen LogP contribution in [0, 0.1) is 6.92 Å². The average molecular weight is 230 g/mol. The van der Waals surface area contributed by atoms with Crippen molar-refractivity contribution in [1.29, 1.82) is 0 Å². The fourth-order valence-electron chi connectivity index (χ4n) is 1.62. The first-order chi connectivity index (χ1) is 7.91. The van der Waals surface area contributed by atoms with E-state index in [4.69, 9.17) is 0 Å². The second-order valence-corrected chi connectivity index (χ2v) is 4.96. The Labute approximate surface area is 104 Å². The minimum Gasteiger partial charge on any atom is -0.160 e. The van der Waals surface area contributed by atoms with E-state index in [0.29, 0.717) is 5.92 Å². The fraction of sp³-hybridized carbons (Fsp3) is 0.467. The molecule has 0 bridgehead atoms. The monoisotopic (exact) mass is 230 g/mol. The lowest BCUT2D eigenvalue weighted by Gasteiger charge is -2.10. The third-order valence-corrected chi connectivity index (χ3v) is 2.72. The van der Waals surface area contributed by atoms with E-state index in [0.717, 1.165) is 11.4 Å². The predicted octanol–water partition coefficient (Wildman–Crippen LogP) is 4.32. The first kappa shape index (κ1) is 13.6. The molecule has 0 aromatic heterocycles. The summed E-state index contributed by atoms with van der Waals surface area (Å²) in [6.07, 6.45) is 0. The van der Waals surface area contributed by atoms with E-state index >= 15 is 0 Å². The van der Waals surface area contributed by atoms with Crippen LogP contribution in [0.25, 0.3) is 0 Å². The highest BCUT2D eigenvalue weighted by atomic mass is 15.2. The van der Waals surface area contributed by atoms with Crippen LogP contribution in [0.3, 0.4) is 0 Å². The largest absolute Gasteiger partial charge is 0.160 e. The van der Waals surface area contributed by atoms with Crippen molar-refractivity contribution in [1.82, 2.24) is 0 Å². The van der Waals surface area contributed by atoms with Crippen LogP contribution in [0.4, 0.5) is 0 Å². The molecule has 0 aliphatic rings. The van der Waals surface area contributed by atoms with E-state index in [-0.39, 0.29) is 0 Å². The molecule has 0 radical (unpaired) electrons. The Morgan fingerprint density at radius 1 is 1.06 bits per heavy atom. The smallest absolute Gasteiger partial charge is 0.0674 e. The molecule has 0 aliphatic carbocycles. The van der Waals surface area contributed by atoms with Crippen molar-refractivity contribution in [2.75, 3.05) is 0 Å².